The molecule has 0 aromatic heterocycles. The number of hydrogen-bond donors (Lipinski definition) is 12. The first-order valence-corrected chi connectivity index (χ1v) is 26.6. The van der Waals surface area contributed by atoms with Gasteiger partial charge in [0.15, 0.2) is 31.1 Å². The molecule has 0 amide bonds. The van der Waals surface area contributed by atoms with Crippen LogP contribution in [-0.4, -0.2) is 209 Å². The lowest BCUT2D eigenvalue weighted by molar-refractivity contribution is -0.354. The Morgan fingerprint density at radius 3 is 1.99 bits per heavy atom. The second-order valence-corrected chi connectivity index (χ2v) is 25.5. The van der Waals surface area contributed by atoms with Crippen LogP contribution in [0.15, 0.2) is 11.6 Å². The van der Waals surface area contributed by atoms with E-state index in [1.165, 1.54) is 6.92 Å². The molecule has 21 unspecified atom stereocenters. The Morgan fingerprint density at radius 1 is 0.662 bits per heavy atom. The summed E-state index contributed by atoms with van der Waals surface area (Å²) in [5.41, 5.74) is -2.34. The Hall–Kier alpha value is -2.04. The Labute approximate surface area is 430 Å². The summed E-state index contributed by atoms with van der Waals surface area (Å²) >= 11 is 0. The smallest absolute Gasteiger partial charge is 0.335 e. The minimum absolute atomic E-state index is 0.0881. The second-order valence-electron chi connectivity index (χ2n) is 25.5. The molecule has 74 heavy (non-hydrogen) atoms. The number of esters is 1. The van der Waals surface area contributed by atoms with Crippen LogP contribution in [0.1, 0.15) is 113 Å². The SMILES string of the molecule is CC1OC(OC2C(OC(=O)[C@@]34CCC(C)(C)C[C@@H]3C3=CCC5[C@]6(C)CC[C@@H](OC7OC(C(=O)O)C(O)C(O)C7O)C(C)(C)C6CC[C@]5(C)[C@@]3(C)CC4O)OC(CO)C2O)C(O)C(O)C1OC1OCC(O)C(O)C1O. The number of aliphatic hydroxyl groups is 11. The number of fused-ring (bicyclic) bond motifs is 7. The maximum Gasteiger partial charge on any atom is 0.335 e. The lowest BCUT2D eigenvalue weighted by atomic mass is 9.33. The van der Waals surface area contributed by atoms with E-state index in [-0.39, 0.29) is 47.5 Å². The van der Waals surface area contributed by atoms with Gasteiger partial charge in [0, 0.05) is 0 Å². The van der Waals surface area contributed by atoms with Crippen molar-refractivity contribution in [1.82, 2.24) is 0 Å². The number of allylic oxidation sites excluding steroid dienone is 2. The van der Waals surface area contributed by atoms with E-state index in [0.717, 1.165) is 18.4 Å². The molecule has 0 aromatic carbocycles. The molecule has 12 N–H and O–H groups in total. The molecule has 4 saturated carbocycles. The van der Waals surface area contributed by atoms with E-state index in [9.17, 15) is 66.1 Å². The zero-order chi connectivity index (χ0) is 54.2. The van der Waals surface area contributed by atoms with Crippen LogP contribution >= 0.6 is 0 Å². The molecule has 422 valence electrons. The van der Waals surface area contributed by atoms with Crippen LogP contribution in [0.2, 0.25) is 0 Å². The molecule has 4 saturated heterocycles. The van der Waals surface area contributed by atoms with Crippen LogP contribution in [0.25, 0.3) is 0 Å². The number of carbonyl (C=O) groups is 2. The van der Waals surface area contributed by atoms with E-state index in [0.29, 0.717) is 32.1 Å². The van der Waals surface area contributed by atoms with Crippen LogP contribution in [0.3, 0.4) is 0 Å². The van der Waals surface area contributed by atoms with Gasteiger partial charge in [-0.15, -0.1) is 0 Å². The van der Waals surface area contributed by atoms with E-state index >= 15 is 4.79 Å². The van der Waals surface area contributed by atoms with Crippen molar-refractivity contribution in [3.8, 4) is 0 Å². The molecular formula is C52H82O22. The maximum absolute atomic E-state index is 15.3. The minimum Gasteiger partial charge on any atom is -0.479 e. The molecule has 5 aliphatic carbocycles. The highest BCUT2D eigenvalue weighted by atomic mass is 16.8. The largest absolute Gasteiger partial charge is 0.479 e. The fourth-order valence-corrected chi connectivity index (χ4v) is 16.1. The van der Waals surface area contributed by atoms with Gasteiger partial charge in [-0.25, -0.2) is 4.79 Å². The zero-order valence-corrected chi connectivity index (χ0v) is 43.6. The normalized spacial score (nSPS) is 53.9. The average Bonchev–Trinajstić information content (AvgIpc) is 3.62. The van der Waals surface area contributed by atoms with E-state index in [1.54, 1.807) is 0 Å². The quantitative estimate of drug-likeness (QED) is 0.0734. The van der Waals surface area contributed by atoms with Gasteiger partial charge in [-0.2, -0.15) is 0 Å². The number of rotatable bonds is 10. The van der Waals surface area contributed by atoms with Gasteiger partial charge in [-0.3, -0.25) is 4.79 Å². The second kappa shape index (κ2) is 19.9. The summed E-state index contributed by atoms with van der Waals surface area (Å²) in [6.45, 7) is 15.8. The first-order valence-electron chi connectivity index (χ1n) is 26.6. The van der Waals surface area contributed by atoms with Gasteiger partial charge >= 0.3 is 11.9 Å². The highest BCUT2D eigenvalue weighted by Crippen LogP contribution is 2.76. The number of hydrogen-bond acceptors (Lipinski definition) is 21. The number of ether oxygens (including phenoxy) is 8. The highest BCUT2D eigenvalue weighted by Gasteiger charge is 2.72. The Kier molecular flexibility index (Phi) is 15.3. The van der Waals surface area contributed by atoms with Crippen molar-refractivity contribution in [2.24, 2.45) is 50.2 Å². The third-order valence-electron chi connectivity index (χ3n) is 20.6. The van der Waals surface area contributed by atoms with Crippen LogP contribution in [0.5, 0.6) is 0 Å². The Bertz CT molecular complexity index is 2110. The lowest BCUT2D eigenvalue weighted by Gasteiger charge is -2.71. The molecular weight excluding hydrogens is 977 g/mol. The molecule has 0 aromatic rings. The standard InChI is InChI=1S/C52H82O22/c1-21-38(71-42-35(61)30(56)24(54)20-67-42)34(60)37(63)43(68-21)73-40-31(57)25(19-53)69-45(40)74-46(66)52-16-15-47(2,3)17-23(52)22-9-10-27-49(6)13-12-29(70-44-36(62)32(58)33(59)39(72-44)41(64)65)48(4,5)26(49)11-14-50(27,7)51(22,8)18-28(52)55/h9,21,23-40,42-45,53-63H,10-20H2,1-8H3,(H,64,65)/t21?,23-,24?,25?,26?,27?,28?,29-,30?,31?,32?,33?,34?,35?,36?,37?,38?,39?,40?,42?,43?,44?,45?,49-,50+,51+,52+/m1/s1. The van der Waals surface area contributed by atoms with Crippen LogP contribution in [-0.2, 0) is 47.5 Å². The number of aliphatic carboxylic acids is 1. The first-order chi connectivity index (χ1) is 34.5. The zero-order valence-electron chi connectivity index (χ0n) is 43.6. The molecule has 0 bridgehead atoms. The molecule has 27 atom stereocenters. The van der Waals surface area contributed by atoms with E-state index in [4.69, 9.17) is 37.9 Å². The summed E-state index contributed by atoms with van der Waals surface area (Å²) < 4.78 is 47.3. The van der Waals surface area contributed by atoms with Gasteiger partial charge in [-0.1, -0.05) is 60.1 Å². The average molecular weight is 1060 g/mol. The Morgan fingerprint density at radius 2 is 1.31 bits per heavy atom. The van der Waals surface area contributed by atoms with Crippen molar-refractivity contribution >= 4 is 11.9 Å². The van der Waals surface area contributed by atoms with E-state index in [1.807, 2.05) is 0 Å². The molecule has 8 fully saturated rings. The first kappa shape index (κ1) is 56.7. The number of aliphatic hydroxyl groups excluding tert-OH is 11. The van der Waals surface area contributed by atoms with Crippen molar-refractivity contribution in [3.63, 3.8) is 0 Å². The summed E-state index contributed by atoms with van der Waals surface area (Å²) in [5, 5.41) is 129. The van der Waals surface area contributed by atoms with E-state index < -0.39 is 164 Å². The molecule has 9 rings (SSSR count). The predicted octanol–water partition coefficient (Wildman–Crippen LogP) is -0.666. The molecule has 9 aliphatic rings. The van der Waals surface area contributed by atoms with Crippen LogP contribution in [0.4, 0.5) is 0 Å². The molecule has 0 spiro atoms. The van der Waals surface area contributed by atoms with Crippen molar-refractivity contribution < 1.29 is 109 Å². The monoisotopic (exact) mass is 1060 g/mol. The summed E-state index contributed by atoms with van der Waals surface area (Å²) in [5.74, 6) is -2.53. The molecule has 0 radical (unpaired) electrons. The van der Waals surface area contributed by atoms with Crippen molar-refractivity contribution in [2.45, 2.75) is 236 Å². The lowest BCUT2D eigenvalue weighted by Crippen LogP contribution is -2.68. The number of carboxylic acid groups (broad SMARTS) is 1. The van der Waals surface area contributed by atoms with Gasteiger partial charge in [0.1, 0.15) is 72.6 Å². The minimum atomic E-state index is -1.86. The molecule has 4 aliphatic heterocycles. The van der Waals surface area contributed by atoms with Crippen LogP contribution < -0.4 is 0 Å². The van der Waals surface area contributed by atoms with Gasteiger partial charge in [-0.05, 0) is 110 Å². The summed E-state index contributed by atoms with van der Waals surface area (Å²) in [6, 6.07) is 0. The van der Waals surface area contributed by atoms with Gasteiger partial charge in [0.25, 0.3) is 0 Å². The summed E-state index contributed by atoms with van der Waals surface area (Å²) in [6.07, 6.45) is -22.8. The number of carbonyl (C=O) groups excluding carboxylic acids is 1. The van der Waals surface area contributed by atoms with Gasteiger partial charge in [0.05, 0.1) is 31.5 Å². The van der Waals surface area contributed by atoms with Crippen molar-refractivity contribution in [2.75, 3.05) is 13.2 Å². The molecule has 22 heteroatoms. The number of carboxylic acids is 1. The fourth-order valence-electron chi connectivity index (χ4n) is 16.1. The van der Waals surface area contributed by atoms with Crippen molar-refractivity contribution in [3.05, 3.63) is 11.6 Å². The topological polar surface area (TPSA) is 351 Å². The van der Waals surface area contributed by atoms with Crippen molar-refractivity contribution in [1.29, 1.82) is 0 Å². The third kappa shape index (κ3) is 8.84. The fraction of sp³-hybridized carbons (Fsp3) is 0.923. The highest BCUT2D eigenvalue weighted by molar-refractivity contribution is 5.80. The molecule has 4 heterocycles. The van der Waals surface area contributed by atoms with E-state index in [2.05, 4.69) is 54.5 Å². The summed E-state index contributed by atoms with van der Waals surface area (Å²) in [7, 11) is 0. The molecule has 22 nitrogen and oxygen atoms in total. The predicted molar refractivity (Wildman–Crippen MR) is 251 cm³/mol. The van der Waals surface area contributed by atoms with Gasteiger partial charge < -0.3 is 99.2 Å². The van der Waals surface area contributed by atoms with Crippen LogP contribution in [0, 0.1) is 50.2 Å². The van der Waals surface area contributed by atoms with Gasteiger partial charge in [0.2, 0.25) is 6.29 Å². The maximum atomic E-state index is 15.3. The summed E-state index contributed by atoms with van der Waals surface area (Å²) in [4.78, 5) is 27.2. The third-order valence-corrected chi connectivity index (χ3v) is 20.6. The Balaban J connectivity index is 0.944.